The Kier molecular flexibility index (Phi) is 6.14. The average Bonchev–Trinajstić information content (AvgIpc) is 2.55. The van der Waals surface area contributed by atoms with E-state index in [0.717, 1.165) is 12.8 Å². The third-order valence-corrected chi connectivity index (χ3v) is 3.49. The summed E-state index contributed by atoms with van der Waals surface area (Å²) in [6.45, 7) is 1.77. The van der Waals surface area contributed by atoms with Crippen LogP contribution in [-0.4, -0.2) is 17.4 Å². The first-order valence-corrected chi connectivity index (χ1v) is 7.83. The average molecular weight is 349 g/mol. The minimum atomic E-state index is -0.606. The van der Waals surface area contributed by atoms with Crippen LogP contribution in [0.2, 0.25) is 5.02 Å². The zero-order valence-electron chi connectivity index (χ0n) is 13.1. The number of nitro benzene ring substituents is 1. The highest BCUT2D eigenvalue weighted by Gasteiger charge is 2.16. The fraction of sp³-hybridized carbons (Fsp3) is 0.235. The predicted octanol–water partition coefficient (Wildman–Crippen LogP) is 4.22. The van der Waals surface area contributed by atoms with Gasteiger partial charge in [0.25, 0.3) is 5.91 Å². The van der Waals surface area contributed by atoms with Crippen molar-refractivity contribution in [3.8, 4) is 5.75 Å². The van der Waals surface area contributed by atoms with Crippen molar-refractivity contribution in [2.75, 3.05) is 11.9 Å². The van der Waals surface area contributed by atoms with E-state index in [1.54, 1.807) is 0 Å². The third kappa shape index (κ3) is 4.96. The molecule has 2 aromatic rings. The van der Waals surface area contributed by atoms with Crippen LogP contribution in [0.4, 0.5) is 11.4 Å². The van der Waals surface area contributed by atoms with Gasteiger partial charge in [0.15, 0.2) is 12.4 Å². The Hall–Kier alpha value is -2.60. The molecule has 6 nitrogen and oxygen atoms in total. The van der Waals surface area contributed by atoms with E-state index in [1.807, 2.05) is 24.3 Å². The van der Waals surface area contributed by atoms with Gasteiger partial charge < -0.3 is 10.1 Å². The second-order valence-electron chi connectivity index (χ2n) is 5.15. The van der Waals surface area contributed by atoms with E-state index in [1.165, 1.54) is 23.8 Å². The Bertz CT molecular complexity index is 732. The van der Waals surface area contributed by atoms with Crippen LogP contribution < -0.4 is 10.1 Å². The predicted molar refractivity (Wildman–Crippen MR) is 92.7 cm³/mol. The lowest BCUT2D eigenvalue weighted by Gasteiger charge is -2.08. The summed E-state index contributed by atoms with van der Waals surface area (Å²) < 4.78 is 5.24. The number of carbonyl (C=O) groups excluding carboxylic acids is 1. The van der Waals surface area contributed by atoms with Crippen molar-refractivity contribution in [2.45, 2.75) is 19.8 Å². The highest BCUT2D eigenvalue weighted by atomic mass is 35.5. The molecule has 0 aliphatic carbocycles. The van der Waals surface area contributed by atoms with Gasteiger partial charge in [-0.25, -0.2) is 0 Å². The second-order valence-corrected chi connectivity index (χ2v) is 5.59. The third-order valence-electron chi connectivity index (χ3n) is 3.25. The van der Waals surface area contributed by atoms with Crippen LogP contribution in [-0.2, 0) is 11.2 Å². The Morgan fingerprint density at radius 3 is 2.58 bits per heavy atom. The molecule has 0 radical (unpaired) electrons. The van der Waals surface area contributed by atoms with Gasteiger partial charge in [0.1, 0.15) is 0 Å². The Labute approximate surface area is 144 Å². The molecule has 24 heavy (non-hydrogen) atoms. The van der Waals surface area contributed by atoms with Crippen molar-refractivity contribution in [1.82, 2.24) is 0 Å². The first kappa shape index (κ1) is 17.7. The monoisotopic (exact) mass is 348 g/mol. The first-order chi connectivity index (χ1) is 11.5. The van der Waals surface area contributed by atoms with E-state index in [2.05, 4.69) is 12.2 Å². The summed E-state index contributed by atoms with van der Waals surface area (Å²) in [4.78, 5) is 22.3. The van der Waals surface area contributed by atoms with E-state index in [-0.39, 0.29) is 23.1 Å². The smallest absolute Gasteiger partial charge is 0.312 e. The van der Waals surface area contributed by atoms with Gasteiger partial charge in [-0.3, -0.25) is 14.9 Å². The molecule has 0 heterocycles. The maximum Gasteiger partial charge on any atom is 0.312 e. The molecule has 0 atom stereocenters. The number of hydrogen-bond donors (Lipinski definition) is 1. The summed E-state index contributed by atoms with van der Waals surface area (Å²) in [6, 6.07) is 11.5. The number of rotatable bonds is 7. The van der Waals surface area contributed by atoms with Gasteiger partial charge in [-0.05, 0) is 36.2 Å². The number of carbonyl (C=O) groups is 1. The maximum absolute atomic E-state index is 11.9. The van der Waals surface area contributed by atoms with Crippen LogP contribution in [0.3, 0.4) is 0 Å². The van der Waals surface area contributed by atoms with Crippen molar-refractivity contribution >= 4 is 28.9 Å². The summed E-state index contributed by atoms with van der Waals surface area (Å²) in [5, 5.41) is 13.9. The van der Waals surface area contributed by atoms with Crippen LogP contribution in [0.25, 0.3) is 0 Å². The summed E-state index contributed by atoms with van der Waals surface area (Å²) in [6.07, 6.45) is 2.04. The number of halogens is 1. The van der Waals surface area contributed by atoms with Crippen LogP contribution in [0.15, 0.2) is 42.5 Å². The van der Waals surface area contributed by atoms with Gasteiger partial charge in [0.05, 0.1) is 4.92 Å². The number of ether oxygens (including phenoxy) is 1. The number of nitrogens with zero attached hydrogens (tertiary/aromatic N) is 1. The molecule has 0 aromatic heterocycles. The molecule has 2 rings (SSSR count). The fourth-order valence-electron chi connectivity index (χ4n) is 2.14. The maximum atomic E-state index is 11.9. The highest BCUT2D eigenvalue weighted by molar-refractivity contribution is 6.30. The number of aryl methyl sites for hydroxylation is 1. The summed E-state index contributed by atoms with van der Waals surface area (Å²) in [5.74, 6) is -0.402. The van der Waals surface area contributed by atoms with Crippen molar-refractivity contribution in [2.24, 2.45) is 0 Å². The molecule has 0 fully saturated rings. The van der Waals surface area contributed by atoms with E-state index in [9.17, 15) is 14.9 Å². The number of benzene rings is 2. The van der Waals surface area contributed by atoms with Gasteiger partial charge in [-0.1, -0.05) is 37.1 Å². The van der Waals surface area contributed by atoms with Crippen molar-refractivity contribution in [3.63, 3.8) is 0 Å². The Morgan fingerprint density at radius 1 is 1.25 bits per heavy atom. The van der Waals surface area contributed by atoms with Crippen LogP contribution in [0.5, 0.6) is 5.75 Å². The molecular formula is C17H17ClN2O4. The lowest BCUT2D eigenvalue weighted by Crippen LogP contribution is -2.20. The van der Waals surface area contributed by atoms with Crippen molar-refractivity contribution in [1.29, 1.82) is 0 Å². The van der Waals surface area contributed by atoms with Crippen LogP contribution >= 0.6 is 11.6 Å². The molecule has 0 aliphatic heterocycles. The van der Waals surface area contributed by atoms with Gasteiger partial charge in [-0.2, -0.15) is 0 Å². The Balaban J connectivity index is 1.95. The second kappa shape index (κ2) is 8.31. The quantitative estimate of drug-likeness (QED) is 0.600. The molecule has 0 saturated carbocycles. The van der Waals surface area contributed by atoms with Crippen LogP contribution in [0.1, 0.15) is 18.9 Å². The topological polar surface area (TPSA) is 81.5 Å². The summed E-state index contributed by atoms with van der Waals surface area (Å²) in [5.41, 5.74) is 1.57. The molecule has 0 aliphatic rings. The van der Waals surface area contributed by atoms with E-state index < -0.39 is 10.8 Å². The lowest BCUT2D eigenvalue weighted by atomic mass is 10.1. The normalized spacial score (nSPS) is 10.2. The molecular weight excluding hydrogens is 332 g/mol. The standard InChI is InChI=1S/C17H17ClN2O4/c1-2-3-12-4-7-14(8-5-12)19-17(21)11-24-16-9-6-13(18)10-15(16)20(22)23/h4-10H,2-3,11H2,1H3,(H,19,21). The van der Waals surface area contributed by atoms with Crippen LogP contribution in [0, 0.1) is 10.1 Å². The summed E-state index contributed by atoms with van der Waals surface area (Å²) >= 11 is 5.73. The minimum Gasteiger partial charge on any atom is -0.477 e. The van der Waals surface area contributed by atoms with E-state index >= 15 is 0 Å². The molecule has 0 bridgehead atoms. The van der Waals surface area contributed by atoms with Gasteiger partial charge in [0.2, 0.25) is 0 Å². The number of nitrogens with one attached hydrogen (secondary N) is 1. The number of nitro groups is 1. The molecule has 0 saturated heterocycles. The fourth-order valence-corrected chi connectivity index (χ4v) is 2.31. The van der Waals surface area contributed by atoms with Gasteiger partial charge in [0, 0.05) is 16.8 Å². The minimum absolute atomic E-state index is 0.00200. The first-order valence-electron chi connectivity index (χ1n) is 7.45. The van der Waals surface area contributed by atoms with Crippen molar-refractivity contribution in [3.05, 3.63) is 63.2 Å². The molecule has 0 unspecified atom stereocenters. The zero-order valence-corrected chi connectivity index (χ0v) is 13.9. The number of hydrogen-bond acceptors (Lipinski definition) is 4. The molecule has 2 aromatic carbocycles. The molecule has 1 N–H and O–H groups in total. The summed E-state index contributed by atoms with van der Waals surface area (Å²) in [7, 11) is 0. The highest BCUT2D eigenvalue weighted by Crippen LogP contribution is 2.29. The molecule has 7 heteroatoms. The molecule has 0 spiro atoms. The lowest BCUT2D eigenvalue weighted by molar-refractivity contribution is -0.385. The molecule has 126 valence electrons. The largest absolute Gasteiger partial charge is 0.477 e. The van der Waals surface area contributed by atoms with Gasteiger partial charge in [-0.15, -0.1) is 0 Å². The Morgan fingerprint density at radius 2 is 1.96 bits per heavy atom. The SMILES string of the molecule is CCCc1ccc(NC(=O)COc2ccc(Cl)cc2[N+](=O)[O-])cc1. The van der Waals surface area contributed by atoms with Gasteiger partial charge >= 0.3 is 5.69 Å². The molecule has 1 amide bonds. The van der Waals surface area contributed by atoms with E-state index in [0.29, 0.717) is 5.69 Å². The van der Waals surface area contributed by atoms with E-state index in [4.69, 9.17) is 16.3 Å². The zero-order chi connectivity index (χ0) is 17.5. The number of anilines is 1. The van der Waals surface area contributed by atoms with Crippen molar-refractivity contribution < 1.29 is 14.5 Å². The number of amides is 1.